The van der Waals surface area contributed by atoms with Gasteiger partial charge < -0.3 is 14.4 Å². The number of fused-ring (bicyclic) bond motifs is 1. The van der Waals surface area contributed by atoms with Crippen molar-refractivity contribution in [1.82, 2.24) is 9.97 Å². The molecule has 5 nitrogen and oxygen atoms in total. The van der Waals surface area contributed by atoms with Crippen molar-refractivity contribution in [3.63, 3.8) is 0 Å². The molecule has 1 aromatic heterocycles. The van der Waals surface area contributed by atoms with E-state index < -0.39 is 12.1 Å². The molecule has 1 fully saturated rings. The highest BCUT2D eigenvalue weighted by Crippen LogP contribution is 2.38. The maximum atomic E-state index is 13.1. The zero-order valence-electron chi connectivity index (χ0n) is 13.4. The quantitative estimate of drug-likeness (QED) is 0.856. The van der Waals surface area contributed by atoms with Crippen molar-refractivity contribution < 1.29 is 22.6 Å². The molecule has 0 radical (unpaired) electrons. The normalized spacial score (nSPS) is 18.7. The number of ether oxygens (including phenoxy) is 2. The number of alkyl halides is 3. The molecule has 1 atom stereocenters. The van der Waals surface area contributed by atoms with Gasteiger partial charge in [-0.15, -0.1) is 0 Å². The highest BCUT2D eigenvalue weighted by Gasteiger charge is 2.42. The zero-order valence-corrected chi connectivity index (χ0v) is 13.4. The lowest BCUT2D eigenvalue weighted by Gasteiger charge is -2.34. The van der Waals surface area contributed by atoms with Crippen molar-refractivity contribution in [1.29, 1.82) is 0 Å². The molecule has 0 bridgehead atoms. The van der Waals surface area contributed by atoms with Gasteiger partial charge in [-0.3, -0.25) is 0 Å². The summed E-state index contributed by atoms with van der Waals surface area (Å²) in [5.41, 5.74) is 0.604. The number of anilines is 1. The number of aromatic nitrogens is 2. The minimum Gasteiger partial charge on any atom is -0.493 e. The lowest BCUT2D eigenvalue weighted by Crippen LogP contribution is -2.42. The Morgan fingerprint density at radius 1 is 1.12 bits per heavy atom. The molecule has 2 aromatic rings. The van der Waals surface area contributed by atoms with Crippen LogP contribution in [-0.2, 0) is 0 Å². The molecule has 1 aliphatic heterocycles. The van der Waals surface area contributed by atoms with Gasteiger partial charge in [-0.2, -0.15) is 13.2 Å². The number of methoxy groups -OCH3 is 2. The Balaban J connectivity index is 2.03. The number of hydrogen-bond donors (Lipinski definition) is 0. The fourth-order valence-corrected chi connectivity index (χ4v) is 3.06. The van der Waals surface area contributed by atoms with Gasteiger partial charge in [-0.25, -0.2) is 9.97 Å². The van der Waals surface area contributed by atoms with Gasteiger partial charge in [-0.1, -0.05) is 0 Å². The number of halogens is 3. The SMILES string of the molecule is COc1cc2ncnc(N3CCCC(C(F)(F)F)C3)c2cc1OC. The van der Waals surface area contributed by atoms with Gasteiger partial charge in [0.15, 0.2) is 11.5 Å². The van der Waals surface area contributed by atoms with E-state index in [2.05, 4.69) is 9.97 Å². The number of nitrogens with zero attached hydrogens (tertiary/aromatic N) is 3. The molecular weight excluding hydrogens is 323 g/mol. The van der Waals surface area contributed by atoms with Crippen LogP contribution in [0.2, 0.25) is 0 Å². The van der Waals surface area contributed by atoms with E-state index in [4.69, 9.17) is 9.47 Å². The third-order valence-corrected chi connectivity index (χ3v) is 4.30. The number of rotatable bonds is 3. The third kappa shape index (κ3) is 3.05. The Labute approximate surface area is 137 Å². The van der Waals surface area contributed by atoms with Crippen LogP contribution in [0.5, 0.6) is 11.5 Å². The van der Waals surface area contributed by atoms with E-state index in [9.17, 15) is 13.2 Å². The van der Waals surface area contributed by atoms with Crippen molar-refractivity contribution in [2.45, 2.75) is 19.0 Å². The molecule has 130 valence electrons. The van der Waals surface area contributed by atoms with E-state index in [-0.39, 0.29) is 13.0 Å². The van der Waals surface area contributed by atoms with Gasteiger partial charge in [0.05, 0.1) is 25.7 Å². The Kier molecular flexibility index (Phi) is 4.38. The predicted molar refractivity (Wildman–Crippen MR) is 83.6 cm³/mol. The molecule has 2 heterocycles. The Hall–Kier alpha value is -2.25. The molecule has 0 N–H and O–H groups in total. The van der Waals surface area contributed by atoms with Gasteiger partial charge >= 0.3 is 6.18 Å². The van der Waals surface area contributed by atoms with Gasteiger partial charge in [-0.05, 0) is 18.9 Å². The van der Waals surface area contributed by atoms with Crippen LogP contribution in [0.25, 0.3) is 10.9 Å². The summed E-state index contributed by atoms with van der Waals surface area (Å²) in [4.78, 5) is 10.1. The second-order valence-corrected chi connectivity index (χ2v) is 5.75. The Bertz CT molecular complexity index is 736. The molecule has 24 heavy (non-hydrogen) atoms. The van der Waals surface area contributed by atoms with E-state index in [1.54, 1.807) is 17.0 Å². The highest BCUT2D eigenvalue weighted by atomic mass is 19.4. The summed E-state index contributed by atoms with van der Waals surface area (Å²) in [7, 11) is 3.03. The van der Waals surface area contributed by atoms with Crippen LogP contribution in [0, 0.1) is 5.92 Å². The molecule has 1 aromatic carbocycles. The Morgan fingerprint density at radius 2 is 1.83 bits per heavy atom. The van der Waals surface area contributed by atoms with E-state index in [1.807, 2.05) is 0 Å². The van der Waals surface area contributed by atoms with Crippen LogP contribution in [0.4, 0.5) is 19.0 Å². The summed E-state index contributed by atoms with van der Waals surface area (Å²) in [5, 5.41) is 0.651. The van der Waals surface area contributed by atoms with E-state index in [1.165, 1.54) is 20.5 Å². The van der Waals surface area contributed by atoms with Crippen LogP contribution in [0.15, 0.2) is 18.5 Å². The first kappa shape index (κ1) is 16.6. The monoisotopic (exact) mass is 341 g/mol. The molecule has 0 aliphatic carbocycles. The molecule has 0 saturated carbocycles. The standard InChI is InChI=1S/C16H18F3N3O2/c1-23-13-6-11-12(7-14(13)24-2)20-9-21-15(11)22-5-3-4-10(8-22)16(17,18)19/h6-7,9-10H,3-5,8H2,1-2H3. The summed E-state index contributed by atoms with van der Waals surface area (Å²) in [5.74, 6) is 0.165. The first-order valence-corrected chi connectivity index (χ1v) is 7.62. The predicted octanol–water partition coefficient (Wildman–Crippen LogP) is 3.43. The van der Waals surface area contributed by atoms with Crippen LogP contribution < -0.4 is 14.4 Å². The first-order valence-electron chi connectivity index (χ1n) is 7.62. The number of piperidine rings is 1. The van der Waals surface area contributed by atoms with Crippen molar-refractivity contribution in [3.8, 4) is 11.5 Å². The summed E-state index contributed by atoms with van der Waals surface area (Å²) in [6.07, 6.45) is -2.20. The minimum absolute atomic E-state index is 0.0933. The first-order chi connectivity index (χ1) is 11.4. The number of hydrogen-bond acceptors (Lipinski definition) is 5. The maximum Gasteiger partial charge on any atom is 0.393 e. The molecule has 1 saturated heterocycles. The smallest absolute Gasteiger partial charge is 0.393 e. The van der Waals surface area contributed by atoms with Crippen LogP contribution in [0.3, 0.4) is 0 Å². The largest absolute Gasteiger partial charge is 0.493 e. The summed E-state index contributed by atoms with van der Waals surface area (Å²) in [6, 6.07) is 3.41. The molecule has 0 spiro atoms. The highest BCUT2D eigenvalue weighted by molar-refractivity contribution is 5.92. The Morgan fingerprint density at radius 3 is 2.50 bits per heavy atom. The molecule has 8 heteroatoms. The third-order valence-electron chi connectivity index (χ3n) is 4.30. The van der Waals surface area contributed by atoms with E-state index in [0.717, 1.165) is 0 Å². The van der Waals surface area contributed by atoms with Crippen molar-refractivity contribution >= 4 is 16.7 Å². The fourth-order valence-electron chi connectivity index (χ4n) is 3.06. The van der Waals surface area contributed by atoms with Gasteiger partial charge in [0.1, 0.15) is 12.1 Å². The van der Waals surface area contributed by atoms with Crippen LogP contribution in [-0.4, -0.2) is 43.5 Å². The van der Waals surface area contributed by atoms with Gasteiger partial charge in [0, 0.05) is 24.5 Å². The van der Waals surface area contributed by atoms with Gasteiger partial charge in [0.25, 0.3) is 0 Å². The van der Waals surface area contributed by atoms with Crippen molar-refractivity contribution in [2.75, 3.05) is 32.2 Å². The van der Waals surface area contributed by atoms with E-state index in [0.29, 0.717) is 41.2 Å². The summed E-state index contributed by atoms with van der Waals surface area (Å²) >= 11 is 0. The topological polar surface area (TPSA) is 47.5 Å². The minimum atomic E-state index is -4.19. The van der Waals surface area contributed by atoms with E-state index >= 15 is 0 Å². The lowest BCUT2D eigenvalue weighted by atomic mass is 9.97. The molecule has 3 rings (SSSR count). The number of benzene rings is 1. The van der Waals surface area contributed by atoms with Gasteiger partial charge in [0.2, 0.25) is 0 Å². The molecule has 1 aliphatic rings. The fraction of sp³-hybridized carbons (Fsp3) is 0.500. The molecule has 1 unspecified atom stereocenters. The van der Waals surface area contributed by atoms with Crippen LogP contribution >= 0.6 is 0 Å². The average Bonchev–Trinajstić information content (AvgIpc) is 2.59. The second-order valence-electron chi connectivity index (χ2n) is 5.75. The molecular formula is C16H18F3N3O2. The van der Waals surface area contributed by atoms with Crippen molar-refractivity contribution in [2.24, 2.45) is 5.92 Å². The average molecular weight is 341 g/mol. The second kappa shape index (κ2) is 6.33. The summed E-state index contributed by atoms with van der Waals surface area (Å²) < 4.78 is 49.7. The zero-order chi connectivity index (χ0) is 17.3. The lowest BCUT2D eigenvalue weighted by molar-refractivity contribution is -0.176. The molecule has 0 amide bonds. The maximum absolute atomic E-state index is 13.1. The van der Waals surface area contributed by atoms with Crippen LogP contribution in [0.1, 0.15) is 12.8 Å². The summed E-state index contributed by atoms with van der Waals surface area (Å²) in [6.45, 7) is 0.441. The van der Waals surface area contributed by atoms with Crippen molar-refractivity contribution in [3.05, 3.63) is 18.5 Å².